The van der Waals surface area contributed by atoms with Crippen LogP contribution in [-0.2, 0) is 4.79 Å². The van der Waals surface area contributed by atoms with Crippen LogP contribution in [0, 0.1) is 0 Å². The molecule has 0 saturated carbocycles. The maximum absolute atomic E-state index is 12.9. The van der Waals surface area contributed by atoms with Crippen LogP contribution in [0.2, 0.25) is 5.02 Å². The fourth-order valence-electron chi connectivity index (χ4n) is 3.47. The van der Waals surface area contributed by atoms with E-state index in [0.29, 0.717) is 46.6 Å². The Labute approximate surface area is 183 Å². The maximum atomic E-state index is 12.9. The molecular formula is C20H22ClN7O3. The Hall–Kier alpha value is -3.53. The van der Waals surface area contributed by atoms with Gasteiger partial charge in [-0.15, -0.1) is 5.10 Å². The average Bonchev–Trinajstić information content (AvgIpc) is 3.32. The highest BCUT2D eigenvalue weighted by Crippen LogP contribution is 2.31. The maximum Gasteiger partial charge on any atom is 0.272 e. The first kappa shape index (κ1) is 20.7. The van der Waals surface area contributed by atoms with Crippen molar-refractivity contribution in [3.05, 3.63) is 41.2 Å². The fraction of sp³-hybridized carbons (Fsp3) is 0.300. The van der Waals surface area contributed by atoms with E-state index in [2.05, 4.69) is 26.0 Å². The Kier molecular flexibility index (Phi) is 5.55. The number of anilines is 3. The molecule has 0 bridgehead atoms. The third-order valence-electron chi connectivity index (χ3n) is 5.13. The van der Waals surface area contributed by atoms with Gasteiger partial charge in [-0.2, -0.15) is 0 Å². The van der Waals surface area contributed by atoms with E-state index in [0.717, 1.165) is 0 Å². The largest absolute Gasteiger partial charge is 0.495 e. The molecule has 1 atom stereocenters. The molecule has 1 aromatic carbocycles. The summed E-state index contributed by atoms with van der Waals surface area (Å²) in [4.78, 5) is 30.9. The van der Waals surface area contributed by atoms with E-state index >= 15 is 0 Å². The molecule has 3 heterocycles. The summed E-state index contributed by atoms with van der Waals surface area (Å²) >= 11 is 6.12. The molecule has 1 unspecified atom stereocenters. The van der Waals surface area contributed by atoms with Crippen molar-refractivity contribution < 1.29 is 14.3 Å². The number of halogens is 1. The van der Waals surface area contributed by atoms with Gasteiger partial charge in [0.1, 0.15) is 11.8 Å². The quantitative estimate of drug-likeness (QED) is 0.535. The highest BCUT2D eigenvalue weighted by Gasteiger charge is 2.31. The van der Waals surface area contributed by atoms with Gasteiger partial charge in [0.15, 0.2) is 17.2 Å². The van der Waals surface area contributed by atoms with Gasteiger partial charge >= 0.3 is 0 Å². The van der Waals surface area contributed by atoms with Crippen molar-refractivity contribution in [3.8, 4) is 5.75 Å². The van der Waals surface area contributed by atoms with E-state index in [1.54, 1.807) is 50.4 Å². The Morgan fingerprint density at radius 3 is 2.77 bits per heavy atom. The van der Waals surface area contributed by atoms with Crippen LogP contribution in [-0.4, -0.2) is 65.1 Å². The minimum absolute atomic E-state index is 0.110. The average molecular weight is 444 g/mol. The van der Waals surface area contributed by atoms with Gasteiger partial charge in [-0.3, -0.25) is 9.59 Å². The number of likely N-dealkylation sites (N-methyl/N-ethyl adjacent to an activating group) is 1. The molecule has 162 valence electrons. The lowest BCUT2D eigenvalue weighted by Gasteiger charge is -2.14. The number of hydrogen-bond donors (Lipinski definition) is 3. The number of aromatic nitrogens is 3. The van der Waals surface area contributed by atoms with E-state index in [1.165, 1.54) is 10.7 Å². The van der Waals surface area contributed by atoms with Crippen molar-refractivity contribution >= 4 is 46.3 Å². The number of fused-ring (bicyclic) bond motifs is 1. The summed E-state index contributed by atoms with van der Waals surface area (Å²) in [7, 11) is 5.02. The number of rotatable bonds is 6. The number of nitrogens with zero attached hydrogens (tertiary/aromatic N) is 4. The molecular weight excluding hydrogens is 422 g/mol. The minimum atomic E-state index is -0.552. The van der Waals surface area contributed by atoms with Crippen LogP contribution in [0.5, 0.6) is 5.75 Å². The Morgan fingerprint density at radius 2 is 2.10 bits per heavy atom. The zero-order chi connectivity index (χ0) is 22.1. The van der Waals surface area contributed by atoms with Gasteiger partial charge in [0.2, 0.25) is 5.91 Å². The van der Waals surface area contributed by atoms with E-state index in [4.69, 9.17) is 16.3 Å². The molecule has 0 spiro atoms. The van der Waals surface area contributed by atoms with Gasteiger partial charge in [-0.05, 0) is 24.6 Å². The second-order valence-corrected chi connectivity index (χ2v) is 7.55. The predicted molar refractivity (Wildman–Crippen MR) is 117 cm³/mol. The summed E-state index contributed by atoms with van der Waals surface area (Å²) in [5.41, 5.74) is 1.98. The second-order valence-electron chi connectivity index (χ2n) is 7.12. The van der Waals surface area contributed by atoms with Gasteiger partial charge in [0.05, 0.1) is 24.7 Å². The van der Waals surface area contributed by atoms with Gasteiger partial charge in [0, 0.05) is 31.7 Å². The number of hydrogen-bond acceptors (Lipinski definition) is 7. The molecule has 1 saturated heterocycles. The Bertz CT molecular complexity index is 1160. The number of likely N-dealkylation sites (tertiary alicyclic amines) is 1. The summed E-state index contributed by atoms with van der Waals surface area (Å²) in [6.45, 7) is 0.606. The predicted octanol–water partition coefficient (Wildman–Crippen LogP) is 2.14. The molecule has 3 aromatic rings. The SMILES string of the molecule is CNc1cc(Nc2cc(Cl)ccc2OC)nn2c(C(=O)NC3CCN(C)C3=O)cnc12. The summed E-state index contributed by atoms with van der Waals surface area (Å²) in [5.74, 6) is 0.501. The smallest absolute Gasteiger partial charge is 0.272 e. The van der Waals surface area contributed by atoms with Crippen molar-refractivity contribution in [2.45, 2.75) is 12.5 Å². The number of imidazole rings is 1. The van der Waals surface area contributed by atoms with Gasteiger partial charge in [-0.25, -0.2) is 9.50 Å². The number of methoxy groups -OCH3 is 1. The van der Waals surface area contributed by atoms with E-state index < -0.39 is 11.9 Å². The van der Waals surface area contributed by atoms with E-state index in [1.807, 2.05) is 0 Å². The summed E-state index contributed by atoms with van der Waals surface area (Å²) in [6, 6.07) is 6.40. The van der Waals surface area contributed by atoms with E-state index in [9.17, 15) is 9.59 Å². The lowest BCUT2D eigenvalue weighted by molar-refractivity contribution is -0.128. The number of carbonyl (C=O) groups is 2. The number of carbonyl (C=O) groups excluding carboxylic acids is 2. The number of nitrogens with one attached hydrogen (secondary N) is 3. The lowest BCUT2D eigenvalue weighted by Crippen LogP contribution is -2.41. The van der Waals surface area contributed by atoms with Crippen LogP contribution in [0.15, 0.2) is 30.5 Å². The fourth-order valence-corrected chi connectivity index (χ4v) is 3.64. The highest BCUT2D eigenvalue weighted by molar-refractivity contribution is 6.31. The summed E-state index contributed by atoms with van der Waals surface area (Å²) in [5, 5.41) is 14.1. The van der Waals surface area contributed by atoms with Gasteiger partial charge in [-0.1, -0.05) is 11.6 Å². The molecule has 0 radical (unpaired) electrons. The first-order chi connectivity index (χ1) is 14.9. The van der Waals surface area contributed by atoms with Crippen LogP contribution in [0.25, 0.3) is 5.65 Å². The summed E-state index contributed by atoms with van der Waals surface area (Å²) in [6.07, 6.45) is 2.00. The zero-order valence-corrected chi connectivity index (χ0v) is 18.0. The number of amides is 2. The molecule has 1 fully saturated rings. The molecule has 2 amide bonds. The lowest BCUT2D eigenvalue weighted by atomic mass is 10.2. The van der Waals surface area contributed by atoms with Crippen LogP contribution >= 0.6 is 11.6 Å². The molecule has 2 aromatic heterocycles. The molecule has 1 aliphatic rings. The Morgan fingerprint density at radius 1 is 1.29 bits per heavy atom. The topological polar surface area (TPSA) is 113 Å². The van der Waals surface area contributed by atoms with Crippen molar-refractivity contribution in [3.63, 3.8) is 0 Å². The number of ether oxygens (including phenoxy) is 1. The molecule has 0 aliphatic carbocycles. The van der Waals surface area contributed by atoms with Crippen LogP contribution < -0.4 is 20.7 Å². The second kappa shape index (κ2) is 8.31. The monoisotopic (exact) mass is 443 g/mol. The highest BCUT2D eigenvalue weighted by atomic mass is 35.5. The van der Waals surface area contributed by atoms with Crippen LogP contribution in [0.4, 0.5) is 17.2 Å². The summed E-state index contributed by atoms with van der Waals surface area (Å²) < 4.78 is 6.81. The molecule has 1 aliphatic heterocycles. The van der Waals surface area contributed by atoms with Crippen molar-refractivity contribution in [1.29, 1.82) is 0 Å². The van der Waals surface area contributed by atoms with Crippen molar-refractivity contribution in [1.82, 2.24) is 24.8 Å². The van der Waals surface area contributed by atoms with Gasteiger partial charge in [0.25, 0.3) is 5.91 Å². The standard InChI is InChI=1S/C20H22ClN7O3/c1-22-14-9-17(24-13-8-11(21)4-5-16(13)31-3)26-28-15(10-23-18(14)28)19(29)25-12-6-7-27(2)20(12)30/h4-5,8-10,12,22H,6-7H2,1-3H3,(H,24,26)(H,25,29). The van der Waals surface area contributed by atoms with Crippen molar-refractivity contribution in [2.24, 2.45) is 0 Å². The molecule has 31 heavy (non-hydrogen) atoms. The third-order valence-corrected chi connectivity index (χ3v) is 5.36. The van der Waals surface area contributed by atoms with Crippen LogP contribution in [0.3, 0.4) is 0 Å². The van der Waals surface area contributed by atoms with Crippen molar-refractivity contribution in [2.75, 3.05) is 38.4 Å². The Balaban J connectivity index is 1.69. The zero-order valence-electron chi connectivity index (χ0n) is 17.3. The number of benzene rings is 1. The first-order valence-electron chi connectivity index (χ1n) is 9.64. The minimum Gasteiger partial charge on any atom is -0.495 e. The first-order valence-corrected chi connectivity index (χ1v) is 10.0. The van der Waals surface area contributed by atoms with Crippen LogP contribution in [0.1, 0.15) is 16.9 Å². The molecule has 10 nitrogen and oxygen atoms in total. The molecule has 3 N–H and O–H groups in total. The third kappa shape index (κ3) is 3.93. The normalized spacial score (nSPS) is 15.9. The van der Waals surface area contributed by atoms with E-state index in [-0.39, 0.29) is 11.6 Å². The molecule has 11 heteroatoms. The molecule has 4 rings (SSSR count). The van der Waals surface area contributed by atoms with Gasteiger partial charge < -0.3 is 25.6 Å².